The number of fused-ring (bicyclic) bond motifs is 1. The molecular formula is C25H31N3O3. The topological polar surface area (TPSA) is 75.9 Å². The molecule has 2 atom stereocenters. The lowest BCUT2D eigenvalue weighted by Gasteiger charge is -2.24. The van der Waals surface area contributed by atoms with Crippen LogP contribution in [-0.4, -0.2) is 50.0 Å². The predicted molar refractivity (Wildman–Crippen MR) is 122 cm³/mol. The Morgan fingerprint density at radius 3 is 2.26 bits per heavy atom. The molecule has 6 heteroatoms. The lowest BCUT2D eigenvalue weighted by molar-refractivity contribution is -0.117. The van der Waals surface area contributed by atoms with Gasteiger partial charge in [0.15, 0.2) is 0 Å². The number of hydrogen-bond acceptors (Lipinski definition) is 4. The second kappa shape index (κ2) is 8.61. The fraction of sp³-hybridized carbons (Fsp3) is 0.440. The van der Waals surface area contributed by atoms with Gasteiger partial charge in [-0.15, -0.1) is 0 Å². The summed E-state index contributed by atoms with van der Waals surface area (Å²) < 4.78 is 5.33. The zero-order valence-electron chi connectivity index (χ0n) is 18.6. The van der Waals surface area contributed by atoms with Crippen LogP contribution in [0.25, 0.3) is 0 Å². The highest BCUT2D eigenvalue weighted by Gasteiger charge is 2.42. The third kappa shape index (κ3) is 4.38. The maximum Gasteiger partial charge on any atom is 0.254 e. The number of nitrogens with two attached hydrogens (primary N) is 1. The third-order valence-corrected chi connectivity index (χ3v) is 6.67. The maximum atomic E-state index is 13.3. The Hall–Kier alpha value is -3.02. The molecule has 2 aromatic carbocycles. The highest BCUT2D eigenvalue weighted by Crippen LogP contribution is 2.35. The number of likely N-dealkylation sites (tertiary alicyclic amines) is 1. The maximum absolute atomic E-state index is 13.3. The molecule has 2 aliphatic rings. The van der Waals surface area contributed by atoms with Gasteiger partial charge in [0.1, 0.15) is 5.75 Å². The number of carbonyl (C=O) groups excluding carboxylic acids is 2. The standard InChI is InChI=1S/C25H31N3O3/c1-16-9-22(31-3)10-17(2)24(16)25(30)28-14-19-12-27(13-20(19)15-28)21-6-4-5-18(11-21)7-8-23(26)29/h4-6,9-11,19-20H,7-8,12-15H2,1-3H3,(H2,26,29). The number of primary amides is 1. The Morgan fingerprint density at radius 2 is 1.68 bits per heavy atom. The van der Waals surface area contributed by atoms with Crippen molar-refractivity contribution < 1.29 is 14.3 Å². The molecule has 2 aromatic rings. The van der Waals surface area contributed by atoms with Crippen molar-refractivity contribution in [3.05, 3.63) is 58.7 Å². The number of carbonyl (C=O) groups is 2. The van der Waals surface area contributed by atoms with Gasteiger partial charge >= 0.3 is 0 Å². The van der Waals surface area contributed by atoms with Crippen molar-refractivity contribution in [1.82, 2.24) is 4.90 Å². The van der Waals surface area contributed by atoms with Gasteiger partial charge in [-0.1, -0.05) is 12.1 Å². The lowest BCUT2D eigenvalue weighted by Crippen LogP contribution is -2.34. The predicted octanol–water partition coefficient (Wildman–Crippen LogP) is 2.94. The summed E-state index contributed by atoms with van der Waals surface area (Å²) in [5.41, 5.74) is 10.4. The van der Waals surface area contributed by atoms with E-state index in [1.54, 1.807) is 7.11 Å². The van der Waals surface area contributed by atoms with Crippen LogP contribution in [-0.2, 0) is 11.2 Å². The molecule has 2 unspecified atom stereocenters. The molecule has 0 saturated carbocycles. The van der Waals surface area contributed by atoms with Gasteiger partial charge in [0, 0.05) is 55.7 Å². The van der Waals surface area contributed by atoms with Crippen molar-refractivity contribution in [2.24, 2.45) is 17.6 Å². The van der Waals surface area contributed by atoms with E-state index in [1.165, 1.54) is 5.69 Å². The van der Waals surface area contributed by atoms with E-state index in [4.69, 9.17) is 10.5 Å². The second-order valence-electron chi connectivity index (χ2n) is 8.91. The molecule has 2 fully saturated rings. The number of ether oxygens (including phenoxy) is 1. The summed E-state index contributed by atoms with van der Waals surface area (Å²) in [6.07, 6.45) is 1.04. The van der Waals surface area contributed by atoms with Crippen molar-refractivity contribution in [2.75, 3.05) is 38.2 Å². The molecule has 0 aliphatic carbocycles. The quantitative estimate of drug-likeness (QED) is 0.778. The van der Waals surface area contributed by atoms with Crippen LogP contribution in [0.15, 0.2) is 36.4 Å². The highest BCUT2D eigenvalue weighted by atomic mass is 16.5. The number of amides is 2. The minimum atomic E-state index is -0.270. The SMILES string of the molecule is COc1cc(C)c(C(=O)N2CC3CN(c4cccc(CCC(N)=O)c4)CC3C2)c(C)c1. The van der Waals surface area contributed by atoms with E-state index in [0.29, 0.717) is 24.7 Å². The van der Waals surface area contributed by atoms with Gasteiger partial charge < -0.3 is 20.3 Å². The molecule has 2 amide bonds. The minimum Gasteiger partial charge on any atom is -0.497 e. The number of rotatable bonds is 6. The molecule has 164 valence electrons. The van der Waals surface area contributed by atoms with Gasteiger partial charge in [-0.05, 0) is 61.2 Å². The molecule has 0 aromatic heterocycles. The third-order valence-electron chi connectivity index (χ3n) is 6.67. The summed E-state index contributed by atoms with van der Waals surface area (Å²) >= 11 is 0. The number of methoxy groups -OCH3 is 1. The summed E-state index contributed by atoms with van der Waals surface area (Å²) in [5, 5.41) is 0. The summed E-state index contributed by atoms with van der Waals surface area (Å²) in [6, 6.07) is 12.3. The minimum absolute atomic E-state index is 0.132. The van der Waals surface area contributed by atoms with Crippen molar-refractivity contribution in [3.63, 3.8) is 0 Å². The van der Waals surface area contributed by atoms with E-state index in [0.717, 1.165) is 54.2 Å². The second-order valence-corrected chi connectivity index (χ2v) is 8.91. The van der Waals surface area contributed by atoms with Crippen molar-refractivity contribution in [2.45, 2.75) is 26.7 Å². The van der Waals surface area contributed by atoms with E-state index in [1.807, 2.05) is 43.0 Å². The first-order valence-electron chi connectivity index (χ1n) is 10.9. The number of aryl methyl sites for hydroxylation is 3. The molecule has 0 radical (unpaired) electrons. The van der Waals surface area contributed by atoms with Crippen LogP contribution in [0.5, 0.6) is 5.75 Å². The first-order valence-corrected chi connectivity index (χ1v) is 10.9. The average Bonchev–Trinajstić information content (AvgIpc) is 3.31. The highest BCUT2D eigenvalue weighted by molar-refractivity contribution is 5.97. The number of hydrogen-bond donors (Lipinski definition) is 1. The molecule has 31 heavy (non-hydrogen) atoms. The zero-order valence-corrected chi connectivity index (χ0v) is 18.6. The van der Waals surface area contributed by atoms with Crippen LogP contribution < -0.4 is 15.4 Å². The van der Waals surface area contributed by atoms with Crippen LogP contribution in [0.3, 0.4) is 0 Å². The summed E-state index contributed by atoms with van der Waals surface area (Å²) in [6.45, 7) is 7.46. The van der Waals surface area contributed by atoms with Gasteiger partial charge in [-0.25, -0.2) is 0 Å². The van der Waals surface area contributed by atoms with Crippen LogP contribution in [0, 0.1) is 25.7 Å². The fourth-order valence-corrected chi connectivity index (χ4v) is 5.08. The van der Waals surface area contributed by atoms with E-state index in [2.05, 4.69) is 17.0 Å². The van der Waals surface area contributed by atoms with Gasteiger partial charge in [0.2, 0.25) is 5.91 Å². The van der Waals surface area contributed by atoms with Gasteiger partial charge in [-0.3, -0.25) is 9.59 Å². The van der Waals surface area contributed by atoms with Crippen molar-refractivity contribution in [1.29, 1.82) is 0 Å². The molecule has 4 rings (SSSR count). The van der Waals surface area contributed by atoms with E-state index in [9.17, 15) is 9.59 Å². The first kappa shape index (κ1) is 21.2. The lowest BCUT2D eigenvalue weighted by atomic mass is 10.0. The van der Waals surface area contributed by atoms with Crippen LogP contribution in [0.4, 0.5) is 5.69 Å². The van der Waals surface area contributed by atoms with Crippen molar-refractivity contribution in [3.8, 4) is 5.75 Å². The van der Waals surface area contributed by atoms with Gasteiger partial charge in [0.05, 0.1) is 7.11 Å². The normalized spacial score (nSPS) is 20.1. The fourth-order valence-electron chi connectivity index (χ4n) is 5.08. The van der Waals surface area contributed by atoms with Crippen LogP contribution >= 0.6 is 0 Å². The largest absolute Gasteiger partial charge is 0.497 e. The molecule has 2 saturated heterocycles. The van der Waals surface area contributed by atoms with Crippen LogP contribution in [0.2, 0.25) is 0 Å². The number of anilines is 1. The zero-order chi connectivity index (χ0) is 22.1. The molecular weight excluding hydrogens is 390 g/mol. The van der Waals surface area contributed by atoms with E-state index < -0.39 is 0 Å². The number of benzene rings is 2. The Bertz CT molecular complexity index is 966. The van der Waals surface area contributed by atoms with E-state index in [-0.39, 0.29) is 11.8 Å². The Balaban J connectivity index is 1.41. The van der Waals surface area contributed by atoms with Crippen LogP contribution in [0.1, 0.15) is 33.5 Å². The van der Waals surface area contributed by atoms with Crippen molar-refractivity contribution >= 4 is 17.5 Å². The Kier molecular flexibility index (Phi) is 5.90. The smallest absolute Gasteiger partial charge is 0.254 e. The molecule has 2 aliphatic heterocycles. The molecule has 2 N–H and O–H groups in total. The summed E-state index contributed by atoms with van der Waals surface area (Å²) in [5.74, 6) is 1.62. The van der Waals surface area contributed by atoms with E-state index >= 15 is 0 Å². The monoisotopic (exact) mass is 421 g/mol. The first-order chi connectivity index (χ1) is 14.9. The molecule has 0 spiro atoms. The van der Waals surface area contributed by atoms with Gasteiger partial charge in [-0.2, -0.15) is 0 Å². The summed E-state index contributed by atoms with van der Waals surface area (Å²) in [4.78, 5) is 28.8. The Morgan fingerprint density at radius 1 is 1.03 bits per heavy atom. The average molecular weight is 422 g/mol. The molecule has 6 nitrogen and oxygen atoms in total. The molecule has 0 bridgehead atoms. The molecule has 2 heterocycles. The number of nitrogens with zero attached hydrogens (tertiary/aromatic N) is 2. The van der Waals surface area contributed by atoms with Gasteiger partial charge in [0.25, 0.3) is 5.91 Å². The summed E-state index contributed by atoms with van der Waals surface area (Å²) in [7, 11) is 1.65. The Labute approximate surface area is 184 Å².